The number of nitrogens with two attached hydrogens (primary N) is 1. The van der Waals surface area contributed by atoms with Crippen LogP contribution < -0.4 is 5.73 Å². The number of carbonyl (C=O) groups excluding carboxylic acids is 1. The van der Waals surface area contributed by atoms with Gasteiger partial charge in [0, 0.05) is 31.4 Å². The lowest BCUT2D eigenvalue weighted by atomic mass is 9.95. The first-order valence-electron chi connectivity index (χ1n) is 6.69. The number of rotatable bonds is 3. The first-order chi connectivity index (χ1) is 8.74. The van der Waals surface area contributed by atoms with Gasteiger partial charge in [-0.25, -0.2) is 0 Å². The first-order valence-corrected chi connectivity index (χ1v) is 6.69. The van der Waals surface area contributed by atoms with Crippen LogP contribution in [0.15, 0.2) is 18.3 Å². The molecule has 106 valence electrons. The molecule has 1 aliphatic rings. The van der Waals surface area contributed by atoms with Gasteiger partial charge in [0.25, 0.3) is 5.91 Å². The summed E-state index contributed by atoms with van der Waals surface area (Å²) >= 11 is 0. The number of amides is 1. The Kier molecular flexibility index (Phi) is 6.25. The van der Waals surface area contributed by atoms with Crippen LogP contribution in [-0.2, 0) is 6.54 Å². The number of hydrogen-bond donors (Lipinski definition) is 1. The number of likely N-dealkylation sites (tertiary alicyclic amines) is 1. The second kappa shape index (κ2) is 7.46. The summed E-state index contributed by atoms with van der Waals surface area (Å²) in [6.07, 6.45) is 5.16. The van der Waals surface area contributed by atoms with Gasteiger partial charge in [-0.3, -0.25) is 9.78 Å². The molecule has 0 aliphatic carbocycles. The molecule has 1 atom stereocenters. The van der Waals surface area contributed by atoms with Gasteiger partial charge >= 0.3 is 0 Å². The molecule has 19 heavy (non-hydrogen) atoms. The summed E-state index contributed by atoms with van der Waals surface area (Å²) < 4.78 is 0. The van der Waals surface area contributed by atoms with Crippen LogP contribution in [0.4, 0.5) is 0 Å². The number of hydrogen-bond acceptors (Lipinski definition) is 3. The average molecular weight is 284 g/mol. The minimum Gasteiger partial charge on any atom is -0.338 e. The van der Waals surface area contributed by atoms with Crippen LogP contribution in [0.25, 0.3) is 0 Å². The van der Waals surface area contributed by atoms with Crippen molar-refractivity contribution in [1.29, 1.82) is 0 Å². The second-order valence-electron chi connectivity index (χ2n) is 4.91. The molecule has 1 unspecified atom stereocenters. The lowest BCUT2D eigenvalue weighted by Gasteiger charge is -2.32. The molecular weight excluding hydrogens is 262 g/mol. The summed E-state index contributed by atoms with van der Waals surface area (Å²) in [5.41, 5.74) is 7.03. The smallest absolute Gasteiger partial charge is 0.253 e. The molecule has 0 aromatic carbocycles. The van der Waals surface area contributed by atoms with Crippen LogP contribution >= 0.6 is 12.4 Å². The Morgan fingerprint density at radius 2 is 2.37 bits per heavy atom. The predicted molar refractivity (Wildman–Crippen MR) is 78.3 cm³/mol. The van der Waals surface area contributed by atoms with Gasteiger partial charge in [0.2, 0.25) is 0 Å². The van der Waals surface area contributed by atoms with E-state index in [2.05, 4.69) is 11.9 Å². The van der Waals surface area contributed by atoms with Crippen LogP contribution in [-0.4, -0.2) is 28.9 Å². The van der Waals surface area contributed by atoms with Crippen molar-refractivity contribution < 1.29 is 4.79 Å². The summed E-state index contributed by atoms with van der Waals surface area (Å²) in [6.45, 7) is 4.32. The Bertz CT molecular complexity index is 425. The Hall–Kier alpha value is -1.13. The lowest BCUT2D eigenvalue weighted by molar-refractivity contribution is 0.0671. The molecule has 0 bridgehead atoms. The minimum atomic E-state index is 0. The van der Waals surface area contributed by atoms with Crippen molar-refractivity contribution in [2.24, 2.45) is 11.7 Å². The molecule has 1 aliphatic heterocycles. The molecule has 2 N–H and O–H groups in total. The topological polar surface area (TPSA) is 59.2 Å². The zero-order chi connectivity index (χ0) is 13.0. The zero-order valence-electron chi connectivity index (χ0n) is 11.3. The van der Waals surface area contributed by atoms with Crippen molar-refractivity contribution >= 4 is 18.3 Å². The SMILES string of the molecule is CCC1CCCN(C(=O)c2ccnc(CN)c2)C1.Cl. The maximum atomic E-state index is 12.4. The quantitative estimate of drug-likeness (QED) is 0.925. The first kappa shape index (κ1) is 15.9. The fourth-order valence-electron chi connectivity index (χ4n) is 2.49. The zero-order valence-corrected chi connectivity index (χ0v) is 12.2. The molecule has 1 aromatic rings. The van der Waals surface area contributed by atoms with Gasteiger partial charge in [0.1, 0.15) is 0 Å². The molecule has 4 nitrogen and oxygen atoms in total. The van der Waals surface area contributed by atoms with Gasteiger partial charge in [-0.15, -0.1) is 12.4 Å². The molecule has 0 saturated carbocycles. The van der Waals surface area contributed by atoms with E-state index in [0.29, 0.717) is 18.0 Å². The lowest BCUT2D eigenvalue weighted by Crippen LogP contribution is -2.39. The highest BCUT2D eigenvalue weighted by molar-refractivity contribution is 5.94. The summed E-state index contributed by atoms with van der Waals surface area (Å²) in [5.74, 6) is 0.767. The third-order valence-corrected chi connectivity index (χ3v) is 3.66. The van der Waals surface area contributed by atoms with Crippen molar-refractivity contribution in [1.82, 2.24) is 9.88 Å². The predicted octanol–water partition coefficient (Wildman–Crippen LogP) is 2.22. The molecule has 1 aromatic heterocycles. The number of aromatic nitrogens is 1. The van der Waals surface area contributed by atoms with Crippen LogP contribution in [0, 0.1) is 5.92 Å². The van der Waals surface area contributed by atoms with E-state index in [0.717, 1.165) is 31.6 Å². The van der Waals surface area contributed by atoms with Gasteiger partial charge in [-0.05, 0) is 30.9 Å². The van der Waals surface area contributed by atoms with Crippen LogP contribution in [0.2, 0.25) is 0 Å². The number of halogens is 1. The van der Waals surface area contributed by atoms with Gasteiger partial charge in [-0.2, -0.15) is 0 Å². The van der Waals surface area contributed by atoms with Crippen molar-refractivity contribution in [3.8, 4) is 0 Å². The number of nitrogens with zero attached hydrogens (tertiary/aromatic N) is 2. The highest BCUT2D eigenvalue weighted by atomic mass is 35.5. The van der Waals surface area contributed by atoms with E-state index >= 15 is 0 Å². The maximum Gasteiger partial charge on any atom is 0.253 e. The monoisotopic (exact) mass is 283 g/mol. The summed E-state index contributed by atoms with van der Waals surface area (Å²) in [5, 5.41) is 0. The average Bonchev–Trinajstić information content (AvgIpc) is 2.46. The largest absolute Gasteiger partial charge is 0.338 e. The van der Waals surface area contributed by atoms with E-state index in [-0.39, 0.29) is 18.3 Å². The van der Waals surface area contributed by atoms with Gasteiger partial charge in [0.15, 0.2) is 0 Å². The fourth-order valence-corrected chi connectivity index (χ4v) is 2.49. The fraction of sp³-hybridized carbons (Fsp3) is 0.571. The molecule has 1 fully saturated rings. The van der Waals surface area contributed by atoms with E-state index < -0.39 is 0 Å². The molecule has 2 rings (SSSR count). The van der Waals surface area contributed by atoms with Gasteiger partial charge in [0.05, 0.1) is 5.69 Å². The van der Waals surface area contributed by atoms with E-state index in [4.69, 9.17) is 5.73 Å². The van der Waals surface area contributed by atoms with Crippen LogP contribution in [0.3, 0.4) is 0 Å². The van der Waals surface area contributed by atoms with Gasteiger partial charge in [-0.1, -0.05) is 13.3 Å². The Morgan fingerprint density at radius 1 is 1.58 bits per heavy atom. The van der Waals surface area contributed by atoms with Crippen LogP contribution in [0.5, 0.6) is 0 Å². The summed E-state index contributed by atoms with van der Waals surface area (Å²) in [6, 6.07) is 3.58. The molecule has 1 amide bonds. The Balaban J connectivity index is 0.00000180. The molecular formula is C14H22ClN3O. The summed E-state index contributed by atoms with van der Waals surface area (Å²) in [4.78, 5) is 18.5. The van der Waals surface area contributed by atoms with Crippen molar-refractivity contribution in [3.05, 3.63) is 29.6 Å². The molecule has 1 saturated heterocycles. The highest BCUT2D eigenvalue weighted by Gasteiger charge is 2.23. The molecule has 0 spiro atoms. The Morgan fingerprint density at radius 3 is 3.05 bits per heavy atom. The van der Waals surface area contributed by atoms with Crippen molar-refractivity contribution in [2.75, 3.05) is 13.1 Å². The molecule has 2 heterocycles. The van der Waals surface area contributed by atoms with Crippen molar-refractivity contribution in [3.63, 3.8) is 0 Å². The van der Waals surface area contributed by atoms with E-state index in [9.17, 15) is 4.79 Å². The highest BCUT2D eigenvalue weighted by Crippen LogP contribution is 2.20. The summed E-state index contributed by atoms with van der Waals surface area (Å²) in [7, 11) is 0. The number of piperidine rings is 1. The standard InChI is InChI=1S/C14H21N3O.ClH/c1-2-11-4-3-7-17(10-11)14(18)12-5-6-16-13(8-12)9-15;/h5-6,8,11H,2-4,7,9-10,15H2,1H3;1H. The van der Waals surface area contributed by atoms with E-state index in [1.165, 1.54) is 6.42 Å². The maximum absolute atomic E-state index is 12.4. The van der Waals surface area contributed by atoms with Gasteiger partial charge < -0.3 is 10.6 Å². The van der Waals surface area contributed by atoms with Crippen molar-refractivity contribution in [2.45, 2.75) is 32.7 Å². The third-order valence-electron chi connectivity index (χ3n) is 3.66. The number of carbonyl (C=O) groups is 1. The normalized spacial score (nSPS) is 18.8. The van der Waals surface area contributed by atoms with Crippen LogP contribution in [0.1, 0.15) is 42.2 Å². The second-order valence-corrected chi connectivity index (χ2v) is 4.91. The minimum absolute atomic E-state index is 0. The van der Waals surface area contributed by atoms with E-state index in [1.54, 1.807) is 18.3 Å². The van der Waals surface area contributed by atoms with E-state index in [1.807, 2.05) is 4.90 Å². The molecule has 5 heteroatoms. The number of pyridine rings is 1. The Labute approximate surface area is 120 Å². The molecule has 0 radical (unpaired) electrons. The third kappa shape index (κ3) is 3.91.